The number of thioether (sulfide) groups is 1. The molecule has 1 aliphatic heterocycles. The lowest BCUT2D eigenvalue weighted by molar-refractivity contribution is -0.137. The van der Waals surface area contributed by atoms with Crippen molar-refractivity contribution in [2.24, 2.45) is 5.92 Å². The molecule has 0 radical (unpaired) electrons. The molecule has 0 aliphatic carbocycles. The number of carboxylic acid groups (broad SMARTS) is 1. The van der Waals surface area contributed by atoms with Gasteiger partial charge in [0.15, 0.2) is 0 Å². The van der Waals surface area contributed by atoms with Gasteiger partial charge in [-0.25, -0.2) is 0 Å². The number of hydrogen-bond acceptors (Lipinski definition) is 3. The molecule has 1 aromatic carbocycles. The van der Waals surface area contributed by atoms with Crippen LogP contribution in [0.4, 0.5) is 0 Å². The van der Waals surface area contributed by atoms with Crippen LogP contribution in [0.3, 0.4) is 0 Å². The summed E-state index contributed by atoms with van der Waals surface area (Å²) in [6.07, 6.45) is 1.80. The van der Waals surface area contributed by atoms with Gasteiger partial charge in [-0.15, -0.1) is 0 Å². The minimum absolute atomic E-state index is 0.0101. The molecule has 0 amide bonds. The molecule has 0 bridgehead atoms. The molecule has 0 unspecified atom stereocenters. The molecule has 22 heavy (non-hydrogen) atoms. The first kappa shape index (κ1) is 15.2. The van der Waals surface area contributed by atoms with E-state index in [1.807, 2.05) is 12.1 Å². The van der Waals surface area contributed by atoms with Crippen LogP contribution < -0.4 is 0 Å². The summed E-state index contributed by atoms with van der Waals surface area (Å²) in [5, 5.41) is 10.2. The van der Waals surface area contributed by atoms with E-state index in [-0.39, 0.29) is 11.7 Å². The number of aryl methyl sites for hydroxylation is 1. The quantitative estimate of drug-likeness (QED) is 0.939. The Bertz CT molecular complexity index is 761. The van der Waals surface area contributed by atoms with Crippen molar-refractivity contribution >= 4 is 33.7 Å². The Kier molecular flexibility index (Phi) is 4.00. The highest BCUT2D eigenvalue weighted by Crippen LogP contribution is 2.34. The number of hydrogen-bond donors (Lipinski definition) is 1. The van der Waals surface area contributed by atoms with Crippen LogP contribution in [0.2, 0.25) is 0 Å². The lowest BCUT2D eigenvalue weighted by Gasteiger charge is -2.12. The highest BCUT2D eigenvalue weighted by molar-refractivity contribution is 8.14. The van der Waals surface area contributed by atoms with Crippen LogP contribution in [-0.4, -0.2) is 26.5 Å². The first-order valence-electron chi connectivity index (χ1n) is 7.50. The second-order valence-corrected chi connectivity index (χ2v) is 7.21. The molecule has 3 rings (SSSR count). The third kappa shape index (κ3) is 2.65. The molecular formula is C17H19NO3S. The number of aromatic nitrogens is 1. The summed E-state index contributed by atoms with van der Waals surface area (Å²) in [6.45, 7) is 4.19. The molecule has 0 fully saturated rings. The maximum Gasteiger partial charge on any atom is 0.323 e. The number of aliphatic carboxylic acids is 1. The van der Waals surface area contributed by atoms with Crippen LogP contribution in [0.15, 0.2) is 18.2 Å². The number of carbonyl (C=O) groups is 2. The summed E-state index contributed by atoms with van der Waals surface area (Å²) in [7, 11) is 0. The fourth-order valence-electron chi connectivity index (χ4n) is 3.17. The van der Waals surface area contributed by atoms with Gasteiger partial charge in [-0.2, -0.15) is 0 Å². The van der Waals surface area contributed by atoms with Gasteiger partial charge in [-0.1, -0.05) is 31.7 Å². The van der Waals surface area contributed by atoms with E-state index >= 15 is 0 Å². The number of nitrogens with zero attached hydrogens (tertiary/aromatic N) is 1. The van der Waals surface area contributed by atoms with Crippen molar-refractivity contribution in [1.29, 1.82) is 0 Å². The molecule has 4 nitrogen and oxygen atoms in total. The molecule has 0 saturated heterocycles. The number of rotatable bonds is 4. The van der Waals surface area contributed by atoms with Crippen molar-refractivity contribution in [3.8, 4) is 0 Å². The first-order valence-corrected chi connectivity index (χ1v) is 8.49. The van der Waals surface area contributed by atoms with E-state index in [2.05, 4.69) is 19.9 Å². The van der Waals surface area contributed by atoms with Gasteiger partial charge in [0.05, 0.1) is 0 Å². The Morgan fingerprint density at radius 1 is 1.41 bits per heavy atom. The van der Waals surface area contributed by atoms with E-state index in [9.17, 15) is 9.59 Å². The fraction of sp³-hybridized carbons (Fsp3) is 0.412. The smallest absolute Gasteiger partial charge is 0.323 e. The van der Waals surface area contributed by atoms with Gasteiger partial charge in [-0.05, 0) is 42.0 Å². The topological polar surface area (TPSA) is 59.3 Å². The average Bonchev–Trinajstić information content (AvgIpc) is 2.73. The summed E-state index contributed by atoms with van der Waals surface area (Å²) < 4.78 is 1.67. The average molecular weight is 317 g/mol. The summed E-state index contributed by atoms with van der Waals surface area (Å²) in [5.41, 5.74) is 3.69. The highest BCUT2D eigenvalue weighted by atomic mass is 32.2. The van der Waals surface area contributed by atoms with Gasteiger partial charge in [0.2, 0.25) is 5.12 Å². The zero-order chi connectivity index (χ0) is 15.9. The van der Waals surface area contributed by atoms with Crippen molar-refractivity contribution in [2.45, 2.75) is 33.2 Å². The Labute approximate surface area is 133 Å². The Balaban J connectivity index is 2.22. The SMILES string of the molecule is CC(C)Cc1ccc2c(c1)c1c(n2CC(=O)O)C(=O)SCC1. The molecule has 0 spiro atoms. The van der Waals surface area contributed by atoms with Gasteiger partial charge in [-0.3, -0.25) is 9.59 Å². The Morgan fingerprint density at radius 2 is 2.18 bits per heavy atom. The maximum absolute atomic E-state index is 12.3. The molecule has 2 aromatic rings. The number of carboxylic acids is 1. The standard InChI is InChI=1S/C17H19NO3S/c1-10(2)7-11-3-4-14-13(8-11)12-5-6-22-17(21)16(12)18(14)9-15(19)20/h3-4,8,10H,5-7,9H2,1-2H3,(H,19,20). The summed E-state index contributed by atoms with van der Waals surface area (Å²) in [4.78, 5) is 23.4. The minimum Gasteiger partial charge on any atom is -0.480 e. The van der Waals surface area contributed by atoms with Gasteiger partial charge < -0.3 is 9.67 Å². The predicted octanol–water partition coefficient (Wildman–Crippen LogP) is 3.35. The van der Waals surface area contributed by atoms with E-state index < -0.39 is 5.97 Å². The van der Waals surface area contributed by atoms with E-state index in [0.717, 1.165) is 35.1 Å². The van der Waals surface area contributed by atoms with E-state index in [4.69, 9.17) is 5.11 Å². The molecule has 5 heteroatoms. The van der Waals surface area contributed by atoms with Gasteiger partial charge in [0.25, 0.3) is 0 Å². The molecule has 1 aliphatic rings. The van der Waals surface area contributed by atoms with Crippen molar-refractivity contribution in [1.82, 2.24) is 4.57 Å². The fourth-order valence-corrected chi connectivity index (χ4v) is 4.03. The van der Waals surface area contributed by atoms with Gasteiger partial charge >= 0.3 is 5.97 Å². The molecular weight excluding hydrogens is 298 g/mol. The number of benzene rings is 1. The van der Waals surface area contributed by atoms with Crippen LogP contribution in [0.25, 0.3) is 10.9 Å². The molecule has 116 valence electrons. The monoisotopic (exact) mass is 317 g/mol. The Hall–Kier alpha value is -1.75. The molecule has 0 saturated carbocycles. The largest absolute Gasteiger partial charge is 0.480 e. The van der Waals surface area contributed by atoms with Crippen molar-refractivity contribution in [2.75, 3.05) is 5.75 Å². The van der Waals surface area contributed by atoms with Crippen LogP contribution in [-0.2, 0) is 24.2 Å². The predicted molar refractivity (Wildman–Crippen MR) is 88.6 cm³/mol. The van der Waals surface area contributed by atoms with E-state index in [1.165, 1.54) is 17.3 Å². The van der Waals surface area contributed by atoms with E-state index in [0.29, 0.717) is 11.6 Å². The summed E-state index contributed by atoms with van der Waals surface area (Å²) in [6, 6.07) is 6.14. The van der Waals surface area contributed by atoms with Crippen molar-refractivity contribution in [3.63, 3.8) is 0 Å². The molecule has 1 aromatic heterocycles. The molecule has 0 atom stereocenters. The first-order chi connectivity index (χ1) is 10.5. The zero-order valence-electron chi connectivity index (χ0n) is 12.8. The van der Waals surface area contributed by atoms with Crippen LogP contribution >= 0.6 is 11.8 Å². The lowest BCUT2D eigenvalue weighted by Crippen LogP contribution is -2.17. The zero-order valence-corrected chi connectivity index (χ0v) is 13.6. The molecule has 1 N–H and O–H groups in total. The second kappa shape index (κ2) is 5.80. The van der Waals surface area contributed by atoms with Crippen molar-refractivity contribution < 1.29 is 14.7 Å². The second-order valence-electron chi connectivity index (χ2n) is 6.14. The Morgan fingerprint density at radius 3 is 2.86 bits per heavy atom. The summed E-state index contributed by atoms with van der Waals surface area (Å²) in [5.74, 6) is 0.410. The van der Waals surface area contributed by atoms with Crippen LogP contribution in [0.1, 0.15) is 35.5 Å². The molecule has 2 heterocycles. The van der Waals surface area contributed by atoms with Gasteiger partial charge in [0, 0.05) is 16.7 Å². The maximum atomic E-state index is 12.3. The number of carbonyl (C=O) groups excluding carboxylic acids is 1. The lowest BCUT2D eigenvalue weighted by atomic mass is 9.99. The van der Waals surface area contributed by atoms with Crippen LogP contribution in [0.5, 0.6) is 0 Å². The van der Waals surface area contributed by atoms with Gasteiger partial charge in [0.1, 0.15) is 12.2 Å². The third-order valence-corrected chi connectivity index (χ3v) is 4.81. The normalized spacial score (nSPS) is 14.6. The van der Waals surface area contributed by atoms with Crippen LogP contribution in [0, 0.1) is 5.92 Å². The van der Waals surface area contributed by atoms with Crippen molar-refractivity contribution in [3.05, 3.63) is 35.0 Å². The highest BCUT2D eigenvalue weighted by Gasteiger charge is 2.27. The number of fused-ring (bicyclic) bond motifs is 3. The van der Waals surface area contributed by atoms with E-state index in [1.54, 1.807) is 4.57 Å². The third-order valence-electron chi connectivity index (χ3n) is 3.95. The summed E-state index contributed by atoms with van der Waals surface area (Å²) >= 11 is 1.28. The minimum atomic E-state index is -0.922.